The minimum Gasteiger partial charge on any atom is -0.309 e. The van der Waals surface area contributed by atoms with Crippen molar-refractivity contribution in [2.24, 2.45) is 0 Å². The number of nitrogens with one attached hydrogen (secondary N) is 1. The number of nitrogens with zero attached hydrogens (tertiary/aromatic N) is 1. The molecule has 0 radical (unpaired) electrons. The summed E-state index contributed by atoms with van der Waals surface area (Å²) in [7, 11) is 0. The Hall–Kier alpha value is -0.380. The van der Waals surface area contributed by atoms with E-state index in [1.54, 1.807) is 0 Å². The van der Waals surface area contributed by atoms with Crippen molar-refractivity contribution in [3.05, 3.63) is 21.9 Å². The largest absolute Gasteiger partial charge is 0.309 e. The number of hydrogen-bond acceptors (Lipinski definition) is 3. The van der Waals surface area contributed by atoms with Crippen molar-refractivity contribution < 1.29 is 0 Å². The number of rotatable bonds is 2. The first-order valence-corrected chi connectivity index (χ1v) is 6.49. The third kappa shape index (κ3) is 3.03. The average Bonchev–Trinajstić information content (AvgIpc) is 2.49. The lowest BCUT2D eigenvalue weighted by molar-refractivity contribution is 0.168. The molecule has 1 fully saturated rings. The Kier molecular flexibility index (Phi) is 3.44. The molecule has 1 aliphatic heterocycles. The van der Waals surface area contributed by atoms with Crippen molar-refractivity contribution in [2.45, 2.75) is 39.4 Å². The summed E-state index contributed by atoms with van der Waals surface area (Å²) < 4.78 is 0. The fourth-order valence-electron chi connectivity index (χ4n) is 2.36. The van der Waals surface area contributed by atoms with Crippen molar-refractivity contribution in [1.82, 2.24) is 10.2 Å². The van der Waals surface area contributed by atoms with Crippen LogP contribution in [0.5, 0.6) is 0 Å². The Balaban J connectivity index is 1.94. The van der Waals surface area contributed by atoms with Crippen molar-refractivity contribution in [3.63, 3.8) is 0 Å². The minimum absolute atomic E-state index is 0.620. The highest BCUT2D eigenvalue weighted by Gasteiger charge is 2.20. The molecule has 2 heterocycles. The Morgan fingerprint density at radius 3 is 2.53 bits per heavy atom. The van der Waals surface area contributed by atoms with E-state index in [-0.39, 0.29) is 0 Å². The van der Waals surface area contributed by atoms with Gasteiger partial charge >= 0.3 is 0 Å². The quantitative estimate of drug-likeness (QED) is 0.829. The second-order valence-electron chi connectivity index (χ2n) is 4.68. The van der Waals surface area contributed by atoms with Gasteiger partial charge in [-0.3, -0.25) is 4.90 Å². The third-order valence-electron chi connectivity index (χ3n) is 2.81. The van der Waals surface area contributed by atoms with Gasteiger partial charge in [0.15, 0.2) is 0 Å². The number of piperazine rings is 1. The van der Waals surface area contributed by atoms with Crippen LogP contribution in [0.1, 0.15) is 23.6 Å². The predicted molar refractivity (Wildman–Crippen MR) is 66.4 cm³/mol. The SMILES string of the molecule is Cc1ccc(CN2CC(C)NC(C)C2)s1. The molecule has 1 aromatic heterocycles. The van der Waals surface area contributed by atoms with Crippen LogP contribution in [0.3, 0.4) is 0 Å². The smallest absolute Gasteiger partial charge is 0.0329 e. The Labute approximate surface area is 96.3 Å². The molecule has 84 valence electrons. The number of aryl methyl sites for hydroxylation is 1. The Bertz CT molecular complexity index is 311. The Morgan fingerprint density at radius 2 is 2.00 bits per heavy atom. The standard InChI is InChI=1S/C12H20N2S/c1-9-6-14(7-10(2)13-9)8-12-5-4-11(3)15-12/h4-5,9-10,13H,6-8H2,1-3H3. The van der Waals surface area contributed by atoms with E-state index in [2.05, 4.69) is 43.1 Å². The van der Waals surface area contributed by atoms with Crippen molar-refractivity contribution >= 4 is 11.3 Å². The van der Waals surface area contributed by atoms with Gasteiger partial charge in [0.05, 0.1) is 0 Å². The van der Waals surface area contributed by atoms with Gasteiger partial charge in [0.25, 0.3) is 0 Å². The number of hydrogen-bond donors (Lipinski definition) is 1. The van der Waals surface area contributed by atoms with Crippen molar-refractivity contribution in [3.8, 4) is 0 Å². The molecule has 1 aromatic rings. The fourth-order valence-corrected chi connectivity index (χ4v) is 3.29. The predicted octanol–water partition coefficient (Wildman–Crippen LogP) is 2.24. The molecule has 3 heteroatoms. The molecule has 15 heavy (non-hydrogen) atoms. The van der Waals surface area contributed by atoms with E-state index in [1.165, 1.54) is 22.8 Å². The summed E-state index contributed by atoms with van der Waals surface area (Å²) >= 11 is 1.92. The molecule has 1 aliphatic rings. The van der Waals surface area contributed by atoms with Gasteiger partial charge in [-0.25, -0.2) is 0 Å². The van der Waals surface area contributed by atoms with Gasteiger partial charge in [0.1, 0.15) is 0 Å². The Morgan fingerprint density at radius 1 is 1.33 bits per heavy atom. The second kappa shape index (κ2) is 4.64. The monoisotopic (exact) mass is 224 g/mol. The second-order valence-corrected chi connectivity index (χ2v) is 6.05. The van der Waals surface area contributed by atoms with Crippen LogP contribution in [0.4, 0.5) is 0 Å². The summed E-state index contributed by atoms with van der Waals surface area (Å²) in [4.78, 5) is 5.46. The number of thiophene rings is 1. The lowest BCUT2D eigenvalue weighted by Gasteiger charge is -2.35. The summed E-state index contributed by atoms with van der Waals surface area (Å²) in [6.07, 6.45) is 0. The molecule has 0 saturated carbocycles. The maximum Gasteiger partial charge on any atom is 0.0329 e. The molecule has 2 rings (SSSR count). The van der Waals surface area contributed by atoms with Gasteiger partial charge in [-0.2, -0.15) is 0 Å². The van der Waals surface area contributed by atoms with Crippen LogP contribution in [0.25, 0.3) is 0 Å². The third-order valence-corrected chi connectivity index (χ3v) is 3.79. The van der Waals surface area contributed by atoms with Crippen LogP contribution < -0.4 is 5.32 Å². The summed E-state index contributed by atoms with van der Waals surface area (Å²) in [6.45, 7) is 10.2. The first kappa shape index (κ1) is 11.1. The highest BCUT2D eigenvalue weighted by Crippen LogP contribution is 2.18. The summed E-state index contributed by atoms with van der Waals surface area (Å²) in [5, 5.41) is 3.56. The molecule has 0 bridgehead atoms. The zero-order valence-electron chi connectivity index (χ0n) is 9.79. The van der Waals surface area contributed by atoms with Gasteiger partial charge in [0, 0.05) is 41.5 Å². The van der Waals surface area contributed by atoms with Crippen LogP contribution in [-0.2, 0) is 6.54 Å². The van der Waals surface area contributed by atoms with E-state index in [0.717, 1.165) is 6.54 Å². The molecule has 1 saturated heterocycles. The minimum atomic E-state index is 0.620. The van der Waals surface area contributed by atoms with Crippen LogP contribution >= 0.6 is 11.3 Å². The molecular formula is C12H20N2S. The normalized spacial score (nSPS) is 28.2. The van der Waals surface area contributed by atoms with E-state index < -0.39 is 0 Å². The van der Waals surface area contributed by atoms with Crippen LogP contribution in [0, 0.1) is 6.92 Å². The fraction of sp³-hybridized carbons (Fsp3) is 0.667. The maximum atomic E-state index is 3.56. The van der Waals surface area contributed by atoms with Crippen LogP contribution in [-0.4, -0.2) is 30.1 Å². The molecule has 2 atom stereocenters. The molecule has 0 spiro atoms. The molecule has 0 aliphatic carbocycles. The van der Waals surface area contributed by atoms with E-state index in [4.69, 9.17) is 0 Å². The van der Waals surface area contributed by atoms with Crippen molar-refractivity contribution in [2.75, 3.05) is 13.1 Å². The highest BCUT2D eigenvalue weighted by atomic mass is 32.1. The van der Waals surface area contributed by atoms with E-state index in [0.29, 0.717) is 12.1 Å². The molecule has 0 amide bonds. The summed E-state index contributed by atoms with van der Waals surface area (Å²) in [5.41, 5.74) is 0. The lowest BCUT2D eigenvalue weighted by Crippen LogP contribution is -2.53. The van der Waals surface area contributed by atoms with Gasteiger partial charge in [-0.15, -0.1) is 11.3 Å². The van der Waals surface area contributed by atoms with Gasteiger partial charge in [-0.1, -0.05) is 0 Å². The molecular weight excluding hydrogens is 204 g/mol. The van der Waals surface area contributed by atoms with E-state index in [9.17, 15) is 0 Å². The molecule has 1 N–H and O–H groups in total. The van der Waals surface area contributed by atoms with Gasteiger partial charge in [0.2, 0.25) is 0 Å². The van der Waals surface area contributed by atoms with E-state index >= 15 is 0 Å². The molecule has 2 unspecified atom stereocenters. The van der Waals surface area contributed by atoms with Crippen molar-refractivity contribution in [1.29, 1.82) is 0 Å². The zero-order chi connectivity index (χ0) is 10.8. The first-order valence-electron chi connectivity index (χ1n) is 5.67. The van der Waals surface area contributed by atoms with Crippen LogP contribution in [0.15, 0.2) is 12.1 Å². The molecule has 0 aromatic carbocycles. The van der Waals surface area contributed by atoms with Gasteiger partial charge in [-0.05, 0) is 32.9 Å². The summed E-state index contributed by atoms with van der Waals surface area (Å²) in [6, 6.07) is 5.72. The summed E-state index contributed by atoms with van der Waals surface area (Å²) in [5.74, 6) is 0. The molecule has 2 nitrogen and oxygen atoms in total. The van der Waals surface area contributed by atoms with Crippen LogP contribution in [0.2, 0.25) is 0 Å². The van der Waals surface area contributed by atoms with E-state index in [1.807, 2.05) is 11.3 Å². The lowest BCUT2D eigenvalue weighted by atomic mass is 10.1. The first-order chi connectivity index (χ1) is 7.13. The highest BCUT2D eigenvalue weighted by molar-refractivity contribution is 7.11. The average molecular weight is 224 g/mol. The topological polar surface area (TPSA) is 15.3 Å². The maximum absolute atomic E-state index is 3.56. The zero-order valence-corrected chi connectivity index (χ0v) is 10.6. The van der Waals surface area contributed by atoms with Gasteiger partial charge < -0.3 is 5.32 Å².